The lowest BCUT2D eigenvalue weighted by atomic mass is 9.82. The average molecular weight is 372 g/mol. The van der Waals surface area contributed by atoms with Crippen molar-refractivity contribution in [2.75, 3.05) is 19.6 Å². The third-order valence-corrected chi connectivity index (χ3v) is 5.96. The first-order valence-electron chi connectivity index (χ1n) is 10.4. The molecule has 3 aromatic carbocycles. The summed E-state index contributed by atoms with van der Waals surface area (Å²) in [7, 11) is 0. The van der Waals surface area contributed by atoms with Crippen molar-refractivity contribution in [3.05, 3.63) is 96.1 Å². The largest absolute Gasteiger partial charge is 0.380 e. The van der Waals surface area contributed by atoms with Crippen molar-refractivity contribution in [1.29, 1.82) is 0 Å². The first kappa shape index (κ1) is 18.9. The predicted octanol–water partition coefficient (Wildman–Crippen LogP) is 5.47. The van der Waals surface area contributed by atoms with Crippen LogP contribution >= 0.6 is 0 Å². The van der Waals surface area contributed by atoms with Crippen molar-refractivity contribution >= 4 is 0 Å². The zero-order chi connectivity index (χ0) is 19.2. The minimum atomic E-state index is -0.964. The Morgan fingerprint density at radius 1 is 0.643 bits per heavy atom. The van der Waals surface area contributed by atoms with Gasteiger partial charge in [0.25, 0.3) is 0 Å². The van der Waals surface area contributed by atoms with Crippen molar-refractivity contribution in [2.45, 2.75) is 31.3 Å². The monoisotopic (exact) mass is 371 g/mol. The molecule has 144 valence electrons. The van der Waals surface area contributed by atoms with E-state index in [1.165, 1.54) is 30.4 Å². The van der Waals surface area contributed by atoms with Crippen LogP contribution in [0.3, 0.4) is 0 Å². The van der Waals surface area contributed by atoms with Gasteiger partial charge in [0.2, 0.25) is 0 Å². The van der Waals surface area contributed by atoms with E-state index in [4.69, 9.17) is 0 Å². The van der Waals surface area contributed by atoms with Crippen molar-refractivity contribution in [2.24, 2.45) is 0 Å². The fourth-order valence-corrected chi connectivity index (χ4v) is 4.24. The van der Waals surface area contributed by atoms with E-state index in [0.29, 0.717) is 6.42 Å². The molecule has 1 aliphatic rings. The van der Waals surface area contributed by atoms with Gasteiger partial charge in [0, 0.05) is 6.54 Å². The highest BCUT2D eigenvalue weighted by Crippen LogP contribution is 2.34. The van der Waals surface area contributed by atoms with Crippen molar-refractivity contribution in [1.82, 2.24) is 4.90 Å². The normalized spacial score (nSPS) is 17.2. The predicted molar refractivity (Wildman–Crippen MR) is 116 cm³/mol. The van der Waals surface area contributed by atoms with Crippen LogP contribution in [0.25, 0.3) is 11.1 Å². The average Bonchev–Trinajstić information content (AvgIpc) is 2.79. The van der Waals surface area contributed by atoms with E-state index in [2.05, 4.69) is 53.4 Å². The summed E-state index contributed by atoms with van der Waals surface area (Å²) in [5.74, 6) is 0. The first-order valence-corrected chi connectivity index (χ1v) is 10.4. The lowest BCUT2D eigenvalue weighted by Gasteiger charge is -2.34. The quantitative estimate of drug-likeness (QED) is 0.621. The summed E-state index contributed by atoms with van der Waals surface area (Å²) >= 11 is 0. The molecule has 1 fully saturated rings. The van der Waals surface area contributed by atoms with Gasteiger partial charge in [0.05, 0.1) is 0 Å². The Labute approximate surface area is 168 Å². The zero-order valence-electron chi connectivity index (χ0n) is 16.4. The summed E-state index contributed by atoms with van der Waals surface area (Å²) in [5, 5.41) is 11.8. The fraction of sp³-hybridized carbons (Fsp3) is 0.308. The van der Waals surface area contributed by atoms with E-state index in [0.717, 1.165) is 30.8 Å². The number of nitrogens with zero attached hydrogens (tertiary/aromatic N) is 1. The van der Waals surface area contributed by atoms with Gasteiger partial charge in [-0.05, 0) is 54.6 Å². The van der Waals surface area contributed by atoms with Crippen molar-refractivity contribution in [3.63, 3.8) is 0 Å². The topological polar surface area (TPSA) is 23.5 Å². The van der Waals surface area contributed by atoms with Gasteiger partial charge < -0.3 is 10.0 Å². The van der Waals surface area contributed by atoms with Gasteiger partial charge in [0.15, 0.2) is 0 Å². The Balaban J connectivity index is 1.61. The summed E-state index contributed by atoms with van der Waals surface area (Å²) < 4.78 is 0. The molecule has 0 spiro atoms. The second-order valence-electron chi connectivity index (χ2n) is 7.82. The molecule has 1 heterocycles. The highest BCUT2D eigenvalue weighted by molar-refractivity contribution is 5.63. The van der Waals surface area contributed by atoms with E-state index in [-0.39, 0.29) is 0 Å². The van der Waals surface area contributed by atoms with Crippen molar-refractivity contribution in [3.8, 4) is 11.1 Å². The van der Waals surface area contributed by atoms with Gasteiger partial charge in [-0.1, -0.05) is 91.3 Å². The van der Waals surface area contributed by atoms with Crippen LogP contribution in [-0.4, -0.2) is 29.6 Å². The summed E-state index contributed by atoms with van der Waals surface area (Å²) in [5.41, 5.74) is 3.35. The lowest BCUT2D eigenvalue weighted by molar-refractivity contribution is 0.0546. The lowest BCUT2D eigenvalue weighted by Crippen LogP contribution is -2.36. The molecule has 2 heteroatoms. The molecular formula is C26H29NO. The van der Waals surface area contributed by atoms with Crippen LogP contribution in [0, 0.1) is 0 Å². The number of likely N-dealkylation sites (tertiary alicyclic amines) is 1. The van der Waals surface area contributed by atoms with Crippen LogP contribution in [0.4, 0.5) is 0 Å². The molecule has 0 radical (unpaired) electrons. The zero-order valence-corrected chi connectivity index (χ0v) is 16.4. The van der Waals surface area contributed by atoms with Gasteiger partial charge in [-0.15, -0.1) is 0 Å². The third-order valence-electron chi connectivity index (χ3n) is 5.96. The minimum Gasteiger partial charge on any atom is -0.380 e. The number of hydrogen-bond donors (Lipinski definition) is 1. The summed E-state index contributed by atoms with van der Waals surface area (Å²) in [4.78, 5) is 2.50. The number of aliphatic hydroxyl groups is 1. The van der Waals surface area contributed by atoms with Crippen LogP contribution in [0.2, 0.25) is 0 Å². The van der Waals surface area contributed by atoms with E-state index >= 15 is 0 Å². The Morgan fingerprint density at radius 3 is 1.82 bits per heavy atom. The molecule has 0 saturated carbocycles. The molecule has 0 aromatic heterocycles. The smallest absolute Gasteiger partial charge is 0.116 e. The van der Waals surface area contributed by atoms with Crippen molar-refractivity contribution < 1.29 is 5.11 Å². The second kappa shape index (κ2) is 8.72. The SMILES string of the molecule is OC(CCN1CCCCC1)(c1ccccc1)c1ccc(-c2ccccc2)cc1. The van der Waals surface area contributed by atoms with Crippen LogP contribution < -0.4 is 0 Å². The first-order chi connectivity index (χ1) is 13.8. The second-order valence-corrected chi connectivity index (χ2v) is 7.82. The van der Waals surface area contributed by atoms with Gasteiger partial charge in [0.1, 0.15) is 5.60 Å². The summed E-state index contributed by atoms with van der Waals surface area (Å²) in [6, 6.07) is 28.9. The molecule has 0 aliphatic carbocycles. The van der Waals surface area contributed by atoms with Gasteiger partial charge >= 0.3 is 0 Å². The molecule has 0 bridgehead atoms. The van der Waals surface area contributed by atoms with Gasteiger partial charge in [-0.3, -0.25) is 0 Å². The highest BCUT2D eigenvalue weighted by atomic mass is 16.3. The van der Waals surface area contributed by atoms with E-state index < -0.39 is 5.60 Å². The third kappa shape index (κ3) is 4.19. The molecule has 0 amide bonds. The van der Waals surface area contributed by atoms with E-state index in [9.17, 15) is 5.11 Å². The molecule has 1 saturated heterocycles. The van der Waals surface area contributed by atoms with Gasteiger partial charge in [-0.2, -0.15) is 0 Å². The molecule has 2 nitrogen and oxygen atoms in total. The standard InChI is InChI=1S/C26H29NO/c28-26(24-12-6-2-7-13-24,18-21-27-19-8-3-9-20-27)25-16-14-23(15-17-25)22-10-4-1-5-11-22/h1-2,4-7,10-17,28H,3,8-9,18-21H2. The Bertz CT molecular complexity index is 854. The van der Waals surface area contributed by atoms with Crippen LogP contribution in [0.5, 0.6) is 0 Å². The molecule has 1 unspecified atom stereocenters. The molecule has 1 N–H and O–H groups in total. The Morgan fingerprint density at radius 2 is 1.18 bits per heavy atom. The maximum absolute atomic E-state index is 11.8. The van der Waals surface area contributed by atoms with Crippen LogP contribution in [0.1, 0.15) is 36.8 Å². The van der Waals surface area contributed by atoms with E-state index in [1.54, 1.807) is 0 Å². The number of rotatable bonds is 6. The van der Waals surface area contributed by atoms with Crippen LogP contribution in [-0.2, 0) is 5.60 Å². The number of piperidine rings is 1. The summed E-state index contributed by atoms with van der Waals surface area (Å²) in [6.45, 7) is 3.22. The molecule has 1 aliphatic heterocycles. The van der Waals surface area contributed by atoms with Crippen LogP contribution in [0.15, 0.2) is 84.9 Å². The molecule has 1 atom stereocenters. The maximum Gasteiger partial charge on any atom is 0.116 e. The Hall–Kier alpha value is -2.42. The van der Waals surface area contributed by atoms with E-state index in [1.807, 2.05) is 36.4 Å². The minimum absolute atomic E-state index is 0.710. The maximum atomic E-state index is 11.8. The molecular weight excluding hydrogens is 342 g/mol. The molecule has 4 rings (SSSR count). The number of hydrogen-bond acceptors (Lipinski definition) is 2. The summed E-state index contributed by atoms with van der Waals surface area (Å²) in [6.07, 6.45) is 4.59. The molecule has 3 aromatic rings. The number of benzene rings is 3. The molecule has 28 heavy (non-hydrogen) atoms. The fourth-order valence-electron chi connectivity index (χ4n) is 4.24. The Kier molecular flexibility index (Phi) is 5.90. The highest BCUT2D eigenvalue weighted by Gasteiger charge is 2.32. The van der Waals surface area contributed by atoms with Gasteiger partial charge in [-0.25, -0.2) is 0 Å².